The number of aromatic nitrogens is 3. The molecule has 2 aliphatic carbocycles. The lowest BCUT2D eigenvalue weighted by molar-refractivity contribution is -0.0755. The highest BCUT2D eigenvalue weighted by Gasteiger charge is 2.45. The largest absolute Gasteiger partial charge is 0.389 e. The molecule has 0 atom stereocenters. The SMILES string of the molecule is CCn1ncc2c(NC3CCCC3)c(C3=NOC4(CCC4)C3)cnc21. The molecule has 2 fully saturated rings. The summed E-state index contributed by atoms with van der Waals surface area (Å²) in [4.78, 5) is 10.5. The monoisotopic (exact) mass is 339 g/mol. The maximum atomic E-state index is 5.82. The molecule has 25 heavy (non-hydrogen) atoms. The fourth-order valence-electron chi connectivity index (χ4n) is 4.41. The van der Waals surface area contributed by atoms with Crippen LogP contribution in [0.2, 0.25) is 0 Å². The molecule has 0 amide bonds. The van der Waals surface area contributed by atoms with E-state index in [0.29, 0.717) is 6.04 Å². The van der Waals surface area contributed by atoms with Crippen molar-refractivity contribution in [2.75, 3.05) is 5.32 Å². The molecule has 2 aromatic heterocycles. The zero-order valence-electron chi connectivity index (χ0n) is 14.8. The van der Waals surface area contributed by atoms with Gasteiger partial charge in [-0.2, -0.15) is 5.10 Å². The van der Waals surface area contributed by atoms with Crippen LogP contribution in [0, 0.1) is 0 Å². The molecule has 0 bridgehead atoms. The van der Waals surface area contributed by atoms with Crippen LogP contribution in [0.15, 0.2) is 17.5 Å². The molecule has 2 aromatic rings. The minimum absolute atomic E-state index is 0.0253. The Kier molecular flexibility index (Phi) is 3.47. The van der Waals surface area contributed by atoms with Gasteiger partial charge in [0, 0.05) is 30.8 Å². The number of hydrogen-bond donors (Lipinski definition) is 1. The standard InChI is InChI=1S/C19H25N5O/c1-2-24-18-15(12-21-24)17(22-13-6-3-4-7-13)14(11-20-18)16-10-19(25-23-16)8-5-9-19/h11-13H,2-10H2,1H3,(H,20,22). The Morgan fingerprint density at radius 1 is 1.24 bits per heavy atom. The summed E-state index contributed by atoms with van der Waals surface area (Å²) in [6.45, 7) is 2.92. The van der Waals surface area contributed by atoms with Crippen molar-refractivity contribution >= 4 is 22.4 Å². The summed E-state index contributed by atoms with van der Waals surface area (Å²) < 4.78 is 1.96. The second kappa shape index (κ2) is 5.71. The van der Waals surface area contributed by atoms with Gasteiger partial charge in [0.05, 0.1) is 23.0 Å². The van der Waals surface area contributed by atoms with Crippen LogP contribution in [0.3, 0.4) is 0 Å². The fraction of sp³-hybridized carbons (Fsp3) is 0.632. The van der Waals surface area contributed by atoms with Gasteiger partial charge < -0.3 is 10.2 Å². The van der Waals surface area contributed by atoms with Crippen LogP contribution in [-0.4, -0.2) is 32.1 Å². The molecule has 3 aliphatic rings. The Bertz CT molecular complexity index is 830. The second-order valence-corrected chi connectivity index (χ2v) is 7.71. The summed E-state index contributed by atoms with van der Waals surface area (Å²) in [5.41, 5.74) is 4.21. The molecular weight excluding hydrogens is 314 g/mol. The first-order chi connectivity index (χ1) is 12.3. The number of nitrogens with one attached hydrogen (secondary N) is 1. The Balaban J connectivity index is 1.57. The summed E-state index contributed by atoms with van der Waals surface area (Å²) in [7, 11) is 0. The van der Waals surface area contributed by atoms with Crippen molar-refractivity contribution in [1.29, 1.82) is 0 Å². The summed E-state index contributed by atoms with van der Waals surface area (Å²) >= 11 is 0. The van der Waals surface area contributed by atoms with Crippen molar-refractivity contribution in [3.63, 3.8) is 0 Å². The van der Waals surface area contributed by atoms with E-state index in [9.17, 15) is 0 Å². The van der Waals surface area contributed by atoms with E-state index in [4.69, 9.17) is 9.82 Å². The number of pyridine rings is 1. The average Bonchev–Trinajstić information content (AvgIpc) is 3.33. The third kappa shape index (κ3) is 2.41. The van der Waals surface area contributed by atoms with Gasteiger partial charge in [-0.15, -0.1) is 0 Å². The molecule has 3 heterocycles. The van der Waals surface area contributed by atoms with Crippen molar-refractivity contribution in [2.24, 2.45) is 5.16 Å². The van der Waals surface area contributed by atoms with Gasteiger partial charge in [0.25, 0.3) is 0 Å². The first-order valence-electron chi connectivity index (χ1n) is 9.64. The molecule has 5 rings (SSSR count). The van der Waals surface area contributed by atoms with Gasteiger partial charge in [0.1, 0.15) is 5.60 Å². The number of anilines is 1. The van der Waals surface area contributed by atoms with Crippen LogP contribution in [-0.2, 0) is 11.4 Å². The van der Waals surface area contributed by atoms with Crippen molar-refractivity contribution in [3.05, 3.63) is 18.0 Å². The number of oxime groups is 1. The summed E-state index contributed by atoms with van der Waals surface area (Å²) in [5.74, 6) is 0. The van der Waals surface area contributed by atoms with Gasteiger partial charge >= 0.3 is 0 Å². The molecule has 1 aliphatic heterocycles. The molecule has 6 nitrogen and oxygen atoms in total. The van der Waals surface area contributed by atoms with Crippen LogP contribution in [0.4, 0.5) is 5.69 Å². The van der Waals surface area contributed by atoms with Crippen molar-refractivity contribution < 1.29 is 4.84 Å². The summed E-state index contributed by atoms with van der Waals surface area (Å²) in [6.07, 6.45) is 13.4. The van der Waals surface area contributed by atoms with E-state index in [2.05, 4.69) is 22.5 Å². The van der Waals surface area contributed by atoms with Gasteiger partial charge in [-0.1, -0.05) is 18.0 Å². The predicted octanol–water partition coefficient (Wildman–Crippen LogP) is 3.85. The Hall–Kier alpha value is -2.11. The molecule has 0 radical (unpaired) electrons. The van der Waals surface area contributed by atoms with Crippen LogP contribution < -0.4 is 5.32 Å². The normalized spacial score (nSPS) is 22.2. The van der Waals surface area contributed by atoms with Gasteiger partial charge in [0.15, 0.2) is 5.65 Å². The van der Waals surface area contributed by atoms with E-state index >= 15 is 0 Å². The zero-order valence-corrected chi connectivity index (χ0v) is 14.8. The predicted molar refractivity (Wildman–Crippen MR) is 97.9 cm³/mol. The van der Waals surface area contributed by atoms with Gasteiger partial charge in [-0.25, -0.2) is 9.67 Å². The molecule has 132 valence electrons. The minimum atomic E-state index is -0.0253. The molecular formula is C19H25N5O. The fourth-order valence-corrected chi connectivity index (χ4v) is 4.41. The van der Waals surface area contributed by atoms with Crippen LogP contribution in [0.5, 0.6) is 0 Å². The van der Waals surface area contributed by atoms with Crippen LogP contribution >= 0.6 is 0 Å². The average molecular weight is 339 g/mol. The lowest BCUT2D eigenvalue weighted by Gasteiger charge is -2.34. The van der Waals surface area contributed by atoms with Crippen molar-refractivity contribution in [1.82, 2.24) is 14.8 Å². The van der Waals surface area contributed by atoms with E-state index in [1.165, 1.54) is 32.1 Å². The molecule has 0 unspecified atom stereocenters. The lowest BCUT2D eigenvalue weighted by Crippen LogP contribution is -2.37. The number of nitrogens with zero attached hydrogens (tertiary/aromatic N) is 4. The molecule has 0 aromatic carbocycles. The first-order valence-corrected chi connectivity index (χ1v) is 9.64. The van der Waals surface area contributed by atoms with E-state index < -0.39 is 0 Å². The van der Waals surface area contributed by atoms with Gasteiger partial charge in [-0.05, 0) is 39.0 Å². The van der Waals surface area contributed by atoms with E-state index in [-0.39, 0.29) is 5.60 Å². The smallest absolute Gasteiger partial charge is 0.159 e. The van der Waals surface area contributed by atoms with Gasteiger partial charge in [0.2, 0.25) is 0 Å². The lowest BCUT2D eigenvalue weighted by atomic mass is 9.76. The maximum absolute atomic E-state index is 5.82. The zero-order chi connectivity index (χ0) is 16.9. The summed E-state index contributed by atoms with van der Waals surface area (Å²) in [6, 6.07) is 0.537. The highest BCUT2D eigenvalue weighted by atomic mass is 16.7. The first kappa shape index (κ1) is 15.2. The Morgan fingerprint density at radius 3 is 2.76 bits per heavy atom. The highest BCUT2D eigenvalue weighted by molar-refractivity contribution is 6.10. The molecule has 6 heteroatoms. The molecule has 0 saturated heterocycles. The van der Waals surface area contributed by atoms with Gasteiger partial charge in [-0.3, -0.25) is 0 Å². The molecule has 1 spiro atoms. The third-order valence-corrected chi connectivity index (χ3v) is 6.08. The second-order valence-electron chi connectivity index (χ2n) is 7.71. The van der Waals surface area contributed by atoms with E-state index in [1.807, 2.05) is 17.1 Å². The van der Waals surface area contributed by atoms with Crippen LogP contribution in [0.25, 0.3) is 11.0 Å². The summed E-state index contributed by atoms with van der Waals surface area (Å²) in [5, 5.41) is 13.9. The van der Waals surface area contributed by atoms with Crippen molar-refractivity contribution in [3.8, 4) is 0 Å². The number of fused-ring (bicyclic) bond motifs is 1. The Labute approximate surface area is 147 Å². The highest BCUT2D eigenvalue weighted by Crippen LogP contribution is 2.44. The Morgan fingerprint density at radius 2 is 2.08 bits per heavy atom. The van der Waals surface area contributed by atoms with E-state index in [1.54, 1.807) is 0 Å². The number of hydrogen-bond acceptors (Lipinski definition) is 5. The van der Waals surface area contributed by atoms with Crippen LogP contribution in [0.1, 0.15) is 63.9 Å². The molecule has 2 saturated carbocycles. The minimum Gasteiger partial charge on any atom is -0.389 e. The number of aryl methyl sites for hydroxylation is 1. The topological polar surface area (TPSA) is 64.3 Å². The van der Waals surface area contributed by atoms with E-state index in [0.717, 1.165) is 53.8 Å². The quantitative estimate of drug-likeness (QED) is 0.919. The maximum Gasteiger partial charge on any atom is 0.159 e. The number of rotatable bonds is 4. The third-order valence-electron chi connectivity index (χ3n) is 6.08. The molecule has 1 N–H and O–H groups in total. The van der Waals surface area contributed by atoms with Crippen molar-refractivity contribution in [2.45, 2.75) is 76.5 Å².